The molecule has 0 radical (unpaired) electrons. The minimum absolute atomic E-state index is 0.000534. The third-order valence-electron chi connectivity index (χ3n) is 7.48. The zero-order valence-electron chi connectivity index (χ0n) is 35.4. The largest absolute Gasteiger partial charge is 0.441 e. The van der Waals surface area contributed by atoms with Crippen molar-refractivity contribution in [3.8, 4) is 0 Å². The number of hydrazine groups is 1. The van der Waals surface area contributed by atoms with E-state index in [0.29, 0.717) is 6.54 Å². The summed E-state index contributed by atoms with van der Waals surface area (Å²) in [5.74, 6) is -1.42. The van der Waals surface area contributed by atoms with Gasteiger partial charge < -0.3 is 33.3 Å². The molecule has 2 rings (SSSR count). The lowest BCUT2D eigenvalue weighted by Gasteiger charge is -2.32. The molecule has 23 heteroatoms. The number of allylic oxidation sites excluding steroid dienone is 6. The average molecular weight is 832 g/mol. The van der Waals surface area contributed by atoms with Crippen LogP contribution in [0.25, 0.3) is 0 Å². The fourth-order valence-electron chi connectivity index (χ4n) is 4.70. The number of carbonyl (C=O) groups excluding carboxylic acids is 3. The molecule has 0 bridgehead atoms. The number of rotatable bonds is 27. The fraction of sp³-hybridized carbons (Fsp3) is 0.528. The molecule has 1 N–H and O–H groups in total. The molecule has 1 amide bonds. The zero-order chi connectivity index (χ0) is 43.7. The molecule has 0 spiro atoms. The predicted molar refractivity (Wildman–Crippen MR) is 218 cm³/mol. The van der Waals surface area contributed by atoms with Crippen LogP contribution in [0.3, 0.4) is 0 Å². The van der Waals surface area contributed by atoms with Gasteiger partial charge in [-0.2, -0.15) is 29.9 Å². The number of aromatic nitrogens is 6. The third-order valence-corrected chi connectivity index (χ3v) is 7.48. The van der Waals surface area contributed by atoms with Crippen molar-refractivity contribution >= 4 is 53.5 Å². The maximum Gasteiger partial charge on any atom is 0.332 e. The molecule has 0 saturated carbocycles. The summed E-state index contributed by atoms with van der Waals surface area (Å²) in [6.07, 6.45) is 12.5. The van der Waals surface area contributed by atoms with Crippen molar-refractivity contribution in [2.24, 2.45) is 0 Å². The molecule has 0 saturated heterocycles. The first-order valence-electron chi connectivity index (χ1n) is 18.3. The molecule has 59 heavy (non-hydrogen) atoms. The first kappa shape index (κ1) is 49.3. The molecular weight excluding hydrogens is 774 g/mol. The van der Waals surface area contributed by atoms with Crippen molar-refractivity contribution in [3.05, 3.63) is 48.6 Å². The van der Waals surface area contributed by atoms with E-state index in [1.807, 2.05) is 20.8 Å². The van der Waals surface area contributed by atoms with E-state index in [4.69, 9.17) is 33.4 Å². The fourth-order valence-corrected chi connectivity index (χ4v) is 4.70. The Balaban J connectivity index is 2.77. The molecule has 326 valence electrons. The van der Waals surface area contributed by atoms with Crippen LogP contribution in [0.5, 0.6) is 0 Å². The zero-order valence-corrected chi connectivity index (χ0v) is 35.4. The highest BCUT2D eigenvalue weighted by molar-refractivity contribution is 5.89. The van der Waals surface area contributed by atoms with Gasteiger partial charge in [-0.1, -0.05) is 36.5 Å². The molecule has 0 atom stereocenters. The van der Waals surface area contributed by atoms with Crippen molar-refractivity contribution in [2.75, 3.05) is 125 Å². The molecule has 0 aliphatic heterocycles. The highest BCUT2D eigenvalue weighted by Gasteiger charge is 2.27. The lowest BCUT2D eigenvalue weighted by atomic mass is 10.4. The number of methoxy groups -OCH3 is 4. The van der Waals surface area contributed by atoms with E-state index in [1.165, 1.54) is 75.4 Å². The third kappa shape index (κ3) is 16.1. The number of amides is 1. The first-order valence-corrected chi connectivity index (χ1v) is 18.3. The van der Waals surface area contributed by atoms with Crippen molar-refractivity contribution in [3.63, 3.8) is 0 Å². The van der Waals surface area contributed by atoms with Crippen molar-refractivity contribution in [1.82, 2.24) is 35.1 Å². The van der Waals surface area contributed by atoms with Gasteiger partial charge in [0, 0.05) is 67.7 Å². The van der Waals surface area contributed by atoms with Gasteiger partial charge in [-0.3, -0.25) is 29.6 Å². The summed E-state index contributed by atoms with van der Waals surface area (Å²) in [5.41, 5.74) is 0. The van der Waals surface area contributed by atoms with E-state index in [-0.39, 0.29) is 95.2 Å². The van der Waals surface area contributed by atoms with Crippen molar-refractivity contribution < 1.29 is 48.0 Å². The number of hydrogen-bond donors (Lipinski definition) is 1. The number of nitrogens with zero attached hydrogens (tertiary/aromatic N) is 13. The number of carbonyl (C=O) groups is 3. The summed E-state index contributed by atoms with van der Waals surface area (Å²) in [6, 6.07) is 0. The lowest BCUT2D eigenvalue weighted by Crippen LogP contribution is -2.44. The van der Waals surface area contributed by atoms with Gasteiger partial charge in [-0.25, -0.2) is 14.6 Å². The summed E-state index contributed by atoms with van der Waals surface area (Å²) >= 11 is 0. The van der Waals surface area contributed by atoms with Crippen LogP contribution in [-0.4, -0.2) is 154 Å². The van der Waals surface area contributed by atoms with Crippen LogP contribution < -0.4 is 29.5 Å². The SMILES string of the molecule is C/C=C/C=C/C(=O)OCN(COC)c1nc(N(COC)CN(COC)c2nc(N(CC)COC(=O)/C=C/C=C/C)nc(N(COC)N(C)O)n2)nc(N(CC)C(C)=O)n1. The van der Waals surface area contributed by atoms with E-state index in [9.17, 15) is 19.6 Å². The Hall–Kier alpha value is -5.85. The molecule has 23 nitrogen and oxygen atoms in total. The molecule has 2 aromatic heterocycles. The maximum atomic E-state index is 12.8. The van der Waals surface area contributed by atoms with E-state index in [0.717, 1.165) is 5.17 Å². The number of esters is 2. The van der Waals surface area contributed by atoms with E-state index >= 15 is 0 Å². The van der Waals surface area contributed by atoms with E-state index in [1.54, 1.807) is 52.0 Å². The molecule has 0 unspecified atom stereocenters. The van der Waals surface area contributed by atoms with E-state index in [2.05, 4.69) is 24.9 Å². The van der Waals surface area contributed by atoms with Gasteiger partial charge in [0.1, 0.15) is 33.6 Å². The second-order valence-corrected chi connectivity index (χ2v) is 11.9. The summed E-state index contributed by atoms with van der Waals surface area (Å²) < 4.78 is 32.8. The van der Waals surface area contributed by atoms with Gasteiger partial charge >= 0.3 is 11.9 Å². The summed E-state index contributed by atoms with van der Waals surface area (Å²) in [6.45, 7) is 7.97. The Morgan fingerprint density at radius 2 is 0.966 bits per heavy atom. The van der Waals surface area contributed by atoms with Crippen LogP contribution in [0, 0.1) is 0 Å². The Labute approximate surface area is 344 Å². The van der Waals surface area contributed by atoms with Crippen molar-refractivity contribution in [1.29, 1.82) is 0 Å². The Morgan fingerprint density at radius 1 is 0.559 bits per heavy atom. The van der Waals surface area contributed by atoms with Gasteiger partial charge in [-0.05, 0) is 27.7 Å². The number of hydroxylamine groups is 1. The number of ether oxygens (including phenoxy) is 6. The van der Waals surface area contributed by atoms with Gasteiger partial charge in [-0.15, -0.1) is 5.17 Å². The first-order chi connectivity index (χ1) is 28.4. The second-order valence-electron chi connectivity index (χ2n) is 11.9. The minimum atomic E-state index is -0.623. The number of hydrogen-bond acceptors (Lipinski definition) is 22. The van der Waals surface area contributed by atoms with Gasteiger partial charge in [0.15, 0.2) is 13.5 Å². The highest BCUT2D eigenvalue weighted by atomic mass is 16.6. The van der Waals surface area contributed by atoms with Gasteiger partial charge in [0.05, 0.1) is 0 Å². The molecule has 0 fully saturated rings. The van der Waals surface area contributed by atoms with Crippen LogP contribution in [0.4, 0.5) is 35.7 Å². The highest BCUT2D eigenvalue weighted by Crippen LogP contribution is 2.24. The maximum absolute atomic E-state index is 12.8. The minimum Gasteiger partial charge on any atom is -0.441 e. The second kappa shape index (κ2) is 27.0. The smallest absolute Gasteiger partial charge is 0.332 e. The monoisotopic (exact) mass is 831 g/mol. The molecule has 0 aliphatic rings. The summed E-state index contributed by atoms with van der Waals surface area (Å²) in [7, 11) is 7.17. The van der Waals surface area contributed by atoms with Crippen molar-refractivity contribution in [2.45, 2.75) is 34.6 Å². The van der Waals surface area contributed by atoms with E-state index < -0.39 is 11.9 Å². The van der Waals surface area contributed by atoms with Crippen LogP contribution in [0.15, 0.2) is 48.6 Å². The quantitative estimate of drug-likeness (QED) is 0.0447. The Morgan fingerprint density at radius 3 is 1.37 bits per heavy atom. The number of anilines is 6. The van der Waals surface area contributed by atoms with Crippen LogP contribution in [0.1, 0.15) is 34.6 Å². The average Bonchev–Trinajstić information content (AvgIpc) is 3.21. The van der Waals surface area contributed by atoms with Gasteiger partial charge in [0.25, 0.3) is 5.95 Å². The topological polar surface area (TPSA) is 227 Å². The molecule has 0 aliphatic carbocycles. The normalized spacial score (nSPS) is 11.6. The lowest BCUT2D eigenvalue weighted by molar-refractivity contribution is -0.138. The Bertz CT molecular complexity index is 1730. The van der Waals surface area contributed by atoms with Crippen LogP contribution in [0.2, 0.25) is 0 Å². The summed E-state index contributed by atoms with van der Waals surface area (Å²) in [5, 5.41) is 12.5. The Kier molecular flexibility index (Phi) is 22.5. The molecule has 2 aromatic rings. The predicted octanol–water partition coefficient (Wildman–Crippen LogP) is 2.06. The molecule has 2 heterocycles. The summed E-state index contributed by atoms with van der Waals surface area (Å²) in [4.78, 5) is 73.0. The molecule has 0 aromatic carbocycles. The van der Waals surface area contributed by atoms with Gasteiger partial charge in [0.2, 0.25) is 35.6 Å². The van der Waals surface area contributed by atoms with Crippen LogP contribution in [-0.2, 0) is 42.8 Å². The standard InChI is InChI=1S/C36H57N13O10/c1-11-15-17-19-29(51)58-25-44(13-3)31-37-33(42-36(41-31)49(27-57-10)43(6)53)46(23-55-8)21-45(22-54-7)32-38-34(40-35(39-32)48(14-4)28(5)50)47(24-56-9)26-59-30(52)20-18-16-12-2/h11-12,15-20,53H,13-14,21-27H2,1-10H3/b15-11+,16-12+,19-17+,20-18+. The molecular formula is C36H57N13O10. The van der Waals surface area contributed by atoms with Crippen LogP contribution >= 0.6 is 0 Å².